The van der Waals surface area contributed by atoms with Gasteiger partial charge < -0.3 is 0 Å². The van der Waals surface area contributed by atoms with Crippen LogP contribution in [0.3, 0.4) is 0 Å². The molecule has 0 aromatic rings. The van der Waals surface area contributed by atoms with E-state index >= 15 is 0 Å². The predicted molar refractivity (Wildman–Crippen MR) is 134 cm³/mol. The molecule has 5 aliphatic carbocycles. The van der Waals surface area contributed by atoms with Gasteiger partial charge in [0.15, 0.2) is 0 Å². The smallest absolute Gasteiger partial charge is 0.00931 e. The Labute approximate surface area is 192 Å². The van der Waals surface area contributed by atoms with Crippen LogP contribution in [-0.4, -0.2) is 0 Å². The molecule has 3 fully saturated rings. The summed E-state index contributed by atoms with van der Waals surface area (Å²) < 4.78 is 0. The molecule has 0 aliphatic heterocycles. The summed E-state index contributed by atoms with van der Waals surface area (Å²) in [5, 5.41) is 0. The minimum absolute atomic E-state index is 0.475. The third-order valence-electron chi connectivity index (χ3n) is 10.8. The van der Waals surface area contributed by atoms with Crippen LogP contribution in [0.4, 0.5) is 0 Å². The average molecular weight is 419 g/mol. The maximum Gasteiger partial charge on any atom is -0.00931 e. The molecule has 0 aromatic heterocycles. The highest BCUT2D eigenvalue weighted by molar-refractivity contribution is 5.27. The van der Waals surface area contributed by atoms with Crippen molar-refractivity contribution >= 4 is 0 Å². The van der Waals surface area contributed by atoms with Crippen LogP contribution in [0.2, 0.25) is 0 Å². The molecule has 5 rings (SSSR count). The van der Waals surface area contributed by atoms with Gasteiger partial charge in [0.1, 0.15) is 0 Å². The summed E-state index contributed by atoms with van der Waals surface area (Å²) in [4.78, 5) is 0. The second-order valence-corrected chi connectivity index (χ2v) is 12.3. The Kier molecular flexibility index (Phi) is 6.37. The summed E-state index contributed by atoms with van der Waals surface area (Å²) in [5.74, 6) is 7.59. The molecule has 3 saturated carbocycles. The van der Waals surface area contributed by atoms with E-state index < -0.39 is 0 Å². The molecule has 0 N–H and O–H groups in total. The highest BCUT2D eigenvalue weighted by Crippen LogP contribution is 2.62. The van der Waals surface area contributed by atoms with E-state index in [1.54, 1.807) is 0 Å². The van der Waals surface area contributed by atoms with E-state index in [-0.39, 0.29) is 0 Å². The summed E-state index contributed by atoms with van der Waals surface area (Å²) in [6, 6.07) is 0. The van der Waals surface area contributed by atoms with Crippen LogP contribution in [0, 0.1) is 58.7 Å². The van der Waals surface area contributed by atoms with Crippen LogP contribution in [0.5, 0.6) is 0 Å². The summed E-state index contributed by atoms with van der Waals surface area (Å²) in [6.45, 7) is 7.72. The minimum atomic E-state index is 0.475. The lowest BCUT2D eigenvalue weighted by molar-refractivity contribution is -0.0304. The fraction of sp³-hybridized carbons (Fsp3) is 0.742. The van der Waals surface area contributed by atoms with Gasteiger partial charge in [0.25, 0.3) is 0 Å². The normalized spacial score (nSPS) is 46.8. The molecule has 0 heteroatoms. The number of rotatable bonds is 5. The van der Waals surface area contributed by atoms with Crippen molar-refractivity contribution in [3.63, 3.8) is 0 Å². The Balaban J connectivity index is 1.44. The summed E-state index contributed by atoms with van der Waals surface area (Å²) >= 11 is 0. The SMILES string of the molecule is CCCC1CCC(CC2CC3C=CC=CC3C3C=CC=CC3C2(C)C2CCC2)C(C)C1. The van der Waals surface area contributed by atoms with Crippen molar-refractivity contribution in [1.82, 2.24) is 0 Å². The second kappa shape index (κ2) is 9.07. The van der Waals surface area contributed by atoms with Gasteiger partial charge in [-0.3, -0.25) is 0 Å². The Morgan fingerprint density at radius 1 is 0.839 bits per heavy atom. The zero-order valence-corrected chi connectivity index (χ0v) is 20.4. The molecule has 9 atom stereocenters. The first-order valence-corrected chi connectivity index (χ1v) is 13.8. The lowest BCUT2D eigenvalue weighted by Gasteiger charge is -2.54. The third-order valence-corrected chi connectivity index (χ3v) is 10.8. The summed E-state index contributed by atoms with van der Waals surface area (Å²) in [7, 11) is 0. The van der Waals surface area contributed by atoms with E-state index in [2.05, 4.69) is 69.4 Å². The standard InChI is InChI=1S/C31H46/c1-4-10-23-17-18-24(22(2)19-23)20-27-21-25-11-5-6-14-28(25)29-15-7-8-16-30(29)31(27,3)26-12-9-13-26/h5-8,11,14-16,22-30H,4,9-10,12-13,17-21H2,1-3H3. The maximum atomic E-state index is 2.75. The molecular formula is C31H46. The van der Waals surface area contributed by atoms with Crippen LogP contribution in [0.25, 0.3) is 0 Å². The van der Waals surface area contributed by atoms with Crippen molar-refractivity contribution < 1.29 is 0 Å². The molecular weight excluding hydrogens is 372 g/mol. The quantitative estimate of drug-likeness (QED) is 0.418. The summed E-state index contributed by atoms with van der Waals surface area (Å²) in [5.41, 5.74) is 0.475. The van der Waals surface area contributed by atoms with Gasteiger partial charge in [0.05, 0.1) is 0 Å². The molecule has 0 bridgehead atoms. The second-order valence-electron chi connectivity index (χ2n) is 12.3. The van der Waals surface area contributed by atoms with E-state index in [0.717, 1.165) is 41.4 Å². The first-order valence-electron chi connectivity index (χ1n) is 13.8. The number of hydrogen-bond acceptors (Lipinski definition) is 0. The molecule has 31 heavy (non-hydrogen) atoms. The molecule has 0 radical (unpaired) electrons. The zero-order chi connectivity index (χ0) is 21.4. The zero-order valence-electron chi connectivity index (χ0n) is 20.4. The first-order chi connectivity index (χ1) is 15.1. The van der Waals surface area contributed by atoms with Crippen LogP contribution in [0.15, 0.2) is 48.6 Å². The van der Waals surface area contributed by atoms with Crippen molar-refractivity contribution in [3.8, 4) is 0 Å². The Bertz CT molecular complexity index is 733. The van der Waals surface area contributed by atoms with E-state index in [4.69, 9.17) is 0 Å². The average Bonchev–Trinajstić information content (AvgIpc) is 2.83. The Morgan fingerprint density at radius 3 is 2.29 bits per heavy atom. The van der Waals surface area contributed by atoms with Crippen LogP contribution < -0.4 is 0 Å². The molecule has 0 spiro atoms. The van der Waals surface area contributed by atoms with E-state index in [1.165, 1.54) is 64.2 Å². The number of allylic oxidation sites excluding steroid dienone is 8. The predicted octanol–water partition coefficient (Wildman–Crippen LogP) is 8.77. The third kappa shape index (κ3) is 3.95. The Hall–Kier alpha value is -1.04. The van der Waals surface area contributed by atoms with Gasteiger partial charge in [-0.2, -0.15) is 0 Å². The van der Waals surface area contributed by atoms with Crippen molar-refractivity contribution in [2.75, 3.05) is 0 Å². The van der Waals surface area contributed by atoms with Crippen molar-refractivity contribution in [2.24, 2.45) is 58.7 Å². The van der Waals surface area contributed by atoms with Gasteiger partial charge in [0.2, 0.25) is 0 Å². The number of hydrogen-bond donors (Lipinski definition) is 0. The highest BCUT2D eigenvalue weighted by atomic mass is 14.6. The van der Waals surface area contributed by atoms with Crippen molar-refractivity contribution in [1.29, 1.82) is 0 Å². The molecule has 0 nitrogen and oxygen atoms in total. The molecule has 0 aromatic carbocycles. The van der Waals surface area contributed by atoms with Crippen molar-refractivity contribution in [3.05, 3.63) is 48.6 Å². The van der Waals surface area contributed by atoms with Gasteiger partial charge in [0, 0.05) is 0 Å². The van der Waals surface area contributed by atoms with Gasteiger partial charge in [-0.1, -0.05) is 95.1 Å². The van der Waals surface area contributed by atoms with E-state index in [0.29, 0.717) is 17.3 Å². The monoisotopic (exact) mass is 418 g/mol. The highest BCUT2D eigenvalue weighted by Gasteiger charge is 2.54. The molecule has 0 heterocycles. The van der Waals surface area contributed by atoms with Crippen LogP contribution >= 0.6 is 0 Å². The molecule has 5 aliphatic rings. The lowest BCUT2D eigenvalue weighted by atomic mass is 9.50. The first kappa shape index (κ1) is 21.8. The van der Waals surface area contributed by atoms with Crippen LogP contribution in [-0.2, 0) is 0 Å². The fourth-order valence-corrected chi connectivity index (χ4v) is 8.73. The van der Waals surface area contributed by atoms with Gasteiger partial charge >= 0.3 is 0 Å². The number of fused-ring (bicyclic) bond motifs is 3. The topological polar surface area (TPSA) is 0 Å². The summed E-state index contributed by atoms with van der Waals surface area (Å²) in [6.07, 6.45) is 34.5. The maximum absolute atomic E-state index is 2.75. The fourth-order valence-electron chi connectivity index (χ4n) is 8.73. The largest absolute Gasteiger partial charge is 0.0808 e. The molecule has 0 amide bonds. The van der Waals surface area contributed by atoms with E-state index in [1.807, 2.05) is 0 Å². The van der Waals surface area contributed by atoms with Gasteiger partial charge in [-0.25, -0.2) is 0 Å². The van der Waals surface area contributed by atoms with Crippen LogP contribution in [0.1, 0.15) is 85.0 Å². The minimum Gasteiger partial charge on any atom is -0.0808 e. The lowest BCUT2D eigenvalue weighted by Crippen LogP contribution is -2.47. The molecule has 170 valence electrons. The van der Waals surface area contributed by atoms with Gasteiger partial charge in [-0.05, 0) is 97.2 Å². The molecule has 9 unspecified atom stereocenters. The Morgan fingerprint density at radius 2 is 1.58 bits per heavy atom. The van der Waals surface area contributed by atoms with Gasteiger partial charge in [-0.15, -0.1) is 0 Å². The van der Waals surface area contributed by atoms with E-state index in [9.17, 15) is 0 Å². The molecule has 0 saturated heterocycles. The van der Waals surface area contributed by atoms with Crippen molar-refractivity contribution in [2.45, 2.75) is 85.0 Å².